The first-order valence-electron chi connectivity index (χ1n) is 6.77. The first-order valence-corrected chi connectivity index (χ1v) is 6.77. The van der Waals surface area contributed by atoms with Gasteiger partial charge >= 0.3 is 5.97 Å². The Kier molecular flexibility index (Phi) is 4.78. The van der Waals surface area contributed by atoms with E-state index < -0.39 is 22.9 Å². The van der Waals surface area contributed by atoms with Crippen molar-refractivity contribution in [2.75, 3.05) is 11.1 Å². The van der Waals surface area contributed by atoms with Crippen LogP contribution < -0.4 is 11.1 Å². The molecule has 0 spiro atoms. The Morgan fingerprint density at radius 1 is 1.42 bits per heavy atom. The Labute approximate surface area is 135 Å². The number of carbonyl (C=O) groups excluding carboxylic acids is 2. The zero-order valence-electron chi connectivity index (χ0n) is 12.8. The molecule has 0 fully saturated rings. The number of hydrogen-bond donors (Lipinski definition) is 2. The molecule has 1 aromatic carbocycles. The van der Waals surface area contributed by atoms with E-state index in [1.807, 2.05) is 0 Å². The van der Waals surface area contributed by atoms with Gasteiger partial charge in [-0.1, -0.05) is 5.16 Å². The van der Waals surface area contributed by atoms with E-state index in [0.717, 1.165) is 12.1 Å². The second kappa shape index (κ2) is 6.77. The van der Waals surface area contributed by atoms with Crippen LogP contribution in [0.25, 0.3) is 0 Å². The predicted octanol–water partition coefficient (Wildman–Crippen LogP) is 1.66. The summed E-state index contributed by atoms with van der Waals surface area (Å²) in [5.41, 5.74) is 5.17. The number of non-ortho nitro benzene ring substituents is 1. The molecule has 0 radical (unpaired) electrons. The molecule has 0 aliphatic carbocycles. The number of nitrogen functional groups attached to an aromatic ring is 1. The number of nitrogens with two attached hydrogens (primary N) is 1. The summed E-state index contributed by atoms with van der Waals surface area (Å²) >= 11 is 0. The highest BCUT2D eigenvalue weighted by Crippen LogP contribution is 2.21. The van der Waals surface area contributed by atoms with Crippen LogP contribution in [0.4, 0.5) is 17.2 Å². The number of nitrogens with one attached hydrogen (secondary N) is 1. The zero-order valence-corrected chi connectivity index (χ0v) is 12.8. The number of rotatable bonds is 5. The molecule has 10 heteroatoms. The molecule has 2 rings (SSSR count). The normalized spacial score (nSPS) is 11.6. The van der Waals surface area contributed by atoms with Gasteiger partial charge in [-0.2, -0.15) is 0 Å². The molecule has 126 valence electrons. The van der Waals surface area contributed by atoms with E-state index in [4.69, 9.17) is 15.0 Å². The summed E-state index contributed by atoms with van der Waals surface area (Å²) in [6.45, 7) is 3.02. The minimum atomic E-state index is -1.14. The molecule has 1 atom stereocenters. The van der Waals surface area contributed by atoms with Crippen molar-refractivity contribution >= 4 is 29.1 Å². The lowest BCUT2D eigenvalue weighted by molar-refractivity contribution is -0.384. The number of amides is 1. The van der Waals surface area contributed by atoms with Gasteiger partial charge in [0.2, 0.25) is 0 Å². The maximum Gasteiger partial charge on any atom is 0.341 e. The fraction of sp³-hybridized carbons (Fsp3) is 0.214. The molecule has 0 saturated heterocycles. The Balaban J connectivity index is 2.03. The third kappa shape index (κ3) is 3.85. The summed E-state index contributed by atoms with van der Waals surface area (Å²) in [5, 5.41) is 16.6. The molecule has 1 heterocycles. The number of hydrogen-bond acceptors (Lipinski definition) is 8. The summed E-state index contributed by atoms with van der Waals surface area (Å²) in [4.78, 5) is 34.0. The van der Waals surface area contributed by atoms with Crippen LogP contribution in [0.2, 0.25) is 0 Å². The van der Waals surface area contributed by atoms with Crippen molar-refractivity contribution in [1.29, 1.82) is 0 Å². The molecule has 24 heavy (non-hydrogen) atoms. The van der Waals surface area contributed by atoms with Crippen molar-refractivity contribution < 1.29 is 23.8 Å². The molecule has 1 aromatic heterocycles. The SMILES string of the molecule is Cc1cc(NC(=O)[C@@H](C)OC(=O)c2ccc([N+](=O)[O-])cc2N)no1. The summed E-state index contributed by atoms with van der Waals surface area (Å²) in [5.74, 6) is -0.789. The van der Waals surface area contributed by atoms with Gasteiger partial charge in [0.1, 0.15) is 5.76 Å². The molecule has 0 aliphatic rings. The van der Waals surface area contributed by atoms with Crippen LogP contribution in [-0.2, 0) is 9.53 Å². The first-order chi connectivity index (χ1) is 11.3. The van der Waals surface area contributed by atoms with E-state index in [1.54, 1.807) is 6.92 Å². The van der Waals surface area contributed by atoms with Gasteiger partial charge in [-0.05, 0) is 19.9 Å². The minimum Gasteiger partial charge on any atom is -0.449 e. The number of benzene rings is 1. The third-order valence-corrected chi connectivity index (χ3v) is 3.00. The Hall–Kier alpha value is -3.43. The molecule has 0 bridgehead atoms. The van der Waals surface area contributed by atoms with Gasteiger partial charge in [-0.15, -0.1) is 0 Å². The van der Waals surface area contributed by atoms with Crippen molar-refractivity contribution in [2.45, 2.75) is 20.0 Å². The van der Waals surface area contributed by atoms with E-state index in [0.29, 0.717) is 5.76 Å². The molecule has 10 nitrogen and oxygen atoms in total. The number of esters is 1. The number of aromatic nitrogens is 1. The minimum absolute atomic E-state index is 0.0717. The van der Waals surface area contributed by atoms with E-state index in [1.165, 1.54) is 19.1 Å². The highest BCUT2D eigenvalue weighted by atomic mass is 16.6. The lowest BCUT2D eigenvalue weighted by Crippen LogP contribution is -2.30. The summed E-state index contributed by atoms with van der Waals surface area (Å²) in [6.07, 6.45) is -1.14. The number of nitro groups is 1. The number of aryl methyl sites for hydroxylation is 1. The average Bonchev–Trinajstić information content (AvgIpc) is 2.91. The molecule has 2 aromatic rings. The molecule has 0 unspecified atom stereocenters. The van der Waals surface area contributed by atoms with Crippen LogP contribution in [0.1, 0.15) is 23.0 Å². The standard InChI is InChI=1S/C14H14N4O6/c1-7-5-12(17-24-7)16-13(19)8(2)23-14(20)10-4-3-9(18(21)22)6-11(10)15/h3-6,8H,15H2,1-2H3,(H,16,17,19)/t8-/m1/s1. The maximum absolute atomic E-state index is 12.0. The van der Waals surface area contributed by atoms with Crippen molar-refractivity contribution in [3.05, 3.63) is 45.7 Å². The largest absolute Gasteiger partial charge is 0.449 e. The fourth-order valence-electron chi connectivity index (χ4n) is 1.78. The van der Waals surface area contributed by atoms with E-state index >= 15 is 0 Å². The second-order valence-corrected chi connectivity index (χ2v) is 4.89. The van der Waals surface area contributed by atoms with Crippen molar-refractivity contribution in [1.82, 2.24) is 5.16 Å². The quantitative estimate of drug-likeness (QED) is 0.362. The smallest absolute Gasteiger partial charge is 0.341 e. The first kappa shape index (κ1) is 16.9. The van der Waals surface area contributed by atoms with Gasteiger partial charge in [0.15, 0.2) is 11.9 Å². The molecule has 1 amide bonds. The number of nitrogens with zero attached hydrogens (tertiary/aromatic N) is 2. The Morgan fingerprint density at radius 2 is 2.12 bits per heavy atom. The van der Waals surface area contributed by atoms with Crippen LogP contribution in [0.15, 0.2) is 28.8 Å². The van der Waals surface area contributed by atoms with Gasteiger partial charge in [-0.25, -0.2) is 4.79 Å². The number of nitro benzene ring substituents is 1. The number of ether oxygens (including phenoxy) is 1. The molecular formula is C14H14N4O6. The van der Waals surface area contributed by atoms with Gasteiger partial charge in [0.05, 0.1) is 16.2 Å². The topological polar surface area (TPSA) is 151 Å². The maximum atomic E-state index is 12.0. The molecule has 0 aliphatic heterocycles. The van der Waals surface area contributed by atoms with E-state index in [2.05, 4.69) is 10.5 Å². The monoisotopic (exact) mass is 334 g/mol. The van der Waals surface area contributed by atoms with E-state index in [9.17, 15) is 19.7 Å². The van der Waals surface area contributed by atoms with Crippen LogP contribution in [0.5, 0.6) is 0 Å². The van der Waals surface area contributed by atoms with Crippen LogP contribution in [0.3, 0.4) is 0 Å². The summed E-state index contributed by atoms with van der Waals surface area (Å²) in [7, 11) is 0. The van der Waals surface area contributed by atoms with Crippen LogP contribution >= 0.6 is 0 Å². The lowest BCUT2D eigenvalue weighted by atomic mass is 10.1. The van der Waals surface area contributed by atoms with Gasteiger partial charge in [0.25, 0.3) is 11.6 Å². The summed E-state index contributed by atoms with van der Waals surface area (Å²) in [6, 6.07) is 4.83. The average molecular weight is 334 g/mol. The molecule has 0 saturated carbocycles. The highest BCUT2D eigenvalue weighted by molar-refractivity contribution is 5.99. The fourth-order valence-corrected chi connectivity index (χ4v) is 1.78. The van der Waals surface area contributed by atoms with Crippen LogP contribution in [0, 0.1) is 17.0 Å². The van der Waals surface area contributed by atoms with Gasteiger partial charge in [0, 0.05) is 18.2 Å². The highest BCUT2D eigenvalue weighted by Gasteiger charge is 2.22. The second-order valence-electron chi connectivity index (χ2n) is 4.89. The van der Waals surface area contributed by atoms with Crippen molar-refractivity contribution in [3.8, 4) is 0 Å². The summed E-state index contributed by atoms with van der Waals surface area (Å²) < 4.78 is 9.80. The van der Waals surface area contributed by atoms with Gasteiger partial charge < -0.3 is 20.3 Å². The van der Waals surface area contributed by atoms with Crippen molar-refractivity contribution in [2.24, 2.45) is 0 Å². The predicted molar refractivity (Wildman–Crippen MR) is 82.3 cm³/mol. The number of anilines is 2. The van der Waals surface area contributed by atoms with Crippen LogP contribution in [-0.4, -0.2) is 28.1 Å². The van der Waals surface area contributed by atoms with Crippen molar-refractivity contribution in [3.63, 3.8) is 0 Å². The Morgan fingerprint density at radius 3 is 2.67 bits per heavy atom. The number of carbonyl (C=O) groups is 2. The van der Waals surface area contributed by atoms with Gasteiger partial charge in [-0.3, -0.25) is 14.9 Å². The zero-order chi connectivity index (χ0) is 17.9. The molecule has 3 N–H and O–H groups in total. The lowest BCUT2D eigenvalue weighted by Gasteiger charge is -2.13. The Bertz CT molecular complexity index is 800. The van der Waals surface area contributed by atoms with E-state index in [-0.39, 0.29) is 22.8 Å². The third-order valence-electron chi connectivity index (χ3n) is 3.00. The molecular weight excluding hydrogens is 320 g/mol.